The van der Waals surface area contributed by atoms with Gasteiger partial charge in [-0.25, -0.2) is 8.42 Å². The highest BCUT2D eigenvalue weighted by Gasteiger charge is 2.28. The van der Waals surface area contributed by atoms with Crippen molar-refractivity contribution in [3.8, 4) is 5.75 Å². The minimum Gasteiger partial charge on any atom is -0.496 e. The lowest BCUT2D eigenvalue weighted by Crippen LogP contribution is -2.40. The van der Waals surface area contributed by atoms with Gasteiger partial charge >= 0.3 is 0 Å². The van der Waals surface area contributed by atoms with Crippen molar-refractivity contribution in [1.29, 1.82) is 0 Å². The van der Waals surface area contributed by atoms with Crippen LogP contribution in [0.2, 0.25) is 0 Å². The van der Waals surface area contributed by atoms with Gasteiger partial charge in [-0.3, -0.25) is 9.59 Å². The number of carbonyl (C=O) groups excluding carboxylic acids is 2. The molecule has 8 nitrogen and oxygen atoms in total. The summed E-state index contributed by atoms with van der Waals surface area (Å²) >= 11 is 0. The fraction of sp³-hybridized carbons (Fsp3) is 0.300. The van der Waals surface area contributed by atoms with Gasteiger partial charge in [0.15, 0.2) is 5.78 Å². The van der Waals surface area contributed by atoms with Crippen molar-refractivity contribution < 1.29 is 27.5 Å². The number of nitrogens with zero attached hydrogens (tertiary/aromatic N) is 1. The third-order valence-corrected chi connectivity index (χ3v) is 6.47. The smallest absolute Gasteiger partial charge is 0.259 e. The molecule has 1 fully saturated rings. The molecule has 3 rings (SSSR count). The van der Waals surface area contributed by atoms with Gasteiger partial charge in [0.2, 0.25) is 10.0 Å². The molecule has 0 aliphatic carbocycles. The Morgan fingerprint density at radius 3 is 2.31 bits per heavy atom. The van der Waals surface area contributed by atoms with Crippen molar-refractivity contribution in [2.75, 3.05) is 38.7 Å². The normalized spacial score (nSPS) is 15.0. The third kappa shape index (κ3) is 4.64. The second-order valence-electron chi connectivity index (χ2n) is 6.47. The van der Waals surface area contributed by atoms with E-state index in [4.69, 9.17) is 9.47 Å². The second kappa shape index (κ2) is 8.73. The van der Waals surface area contributed by atoms with Crippen LogP contribution in [-0.2, 0) is 14.8 Å². The second-order valence-corrected chi connectivity index (χ2v) is 8.40. The van der Waals surface area contributed by atoms with Crippen molar-refractivity contribution in [3.63, 3.8) is 0 Å². The molecular formula is C20H22N2O6S. The number of Topliss-reactive ketones (excluding diaryl/α,β-unsaturated/α-hetero) is 1. The van der Waals surface area contributed by atoms with E-state index in [2.05, 4.69) is 5.32 Å². The van der Waals surface area contributed by atoms with Crippen LogP contribution in [-0.4, -0.2) is 57.8 Å². The van der Waals surface area contributed by atoms with E-state index in [1.54, 1.807) is 24.3 Å². The number of benzene rings is 2. The SMILES string of the molecule is COc1ccc(S(=O)(=O)N2CCOCC2)cc1C(=O)Nc1ccc(C(C)=O)cc1. The topological polar surface area (TPSA) is 102 Å². The van der Waals surface area contributed by atoms with Crippen molar-refractivity contribution in [1.82, 2.24) is 4.31 Å². The van der Waals surface area contributed by atoms with E-state index >= 15 is 0 Å². The Labute approximate surface area is 169 Å². The first-order valence-corrected chi connectivity index (χ1v) is 10.4. The fourth-order valence-corrected chi connectivity index (χ4v) is 4.38. The number of sulfonamides is 1. The zero-order valence-corrected chi connectivity index (χ0v) is 17.0. The number of nitrogens with one attached hydrogen (secondary N) is 1. The standard InChI is InChI=1S/C20H22N2O6S/c1-14(23)15-3-5-16(6-4-15)21-20(24)18-13-17(7-8-19(18)27-2)29(25,26)22-9-11-28-12-10-22/h3-8,13H,9-12H2,1-2H3,(H,21,24). The maximum absolute atomic E-state index is 12.9. The van der Waals surface area contributed by atoms with Crippen molar-refractivity contribution in [2.24, 2.45) is 0 Å². The number of ketones is 1. The van der Waals surface area contributed by atoms with Crippen molar-refractivity contribution >= 4 is 27.4 Å². The van der Waals surface area contributed by atoms with E-state index < -0.39 is 15.9 Å². The highest BCUT2D eigenvalue weighted by atomic mass is 32.2. The van der Waals surface area contributed by atoms with Crippen LogP contribution in [0.4, 0.5) is 5.69 Å². The number of morpholine rings is 1. The quantitative estimate of drug-likeness (QED) is 0.722. The first-order chi connectivity index (χ1) is 13.8. The summed E-state index contributed by atoms with van der Waals surface area (Å²) in [6.07, 6.45) is 0. The lowest BCUT2D eigenvalue weighted by molar-refractivity contribution is 0.0730. The number of carbonyl (C=O) groups is 2. The van der Waals surface area contributed by atoms with Gasteiger partial charge in [0.25, 0.3) is 5.91 Å². The van der Waals surface area contributed by atoms with Crippen LogP contribution >= 0.6 is 0 Å². The third-order valence-electron chi connectivity index (χ3n) is 4.57. The van der Waals surface area contributed by atoms with Crippen LogP contribution in [0.5, 0.6) is 5.75 Å². The fourth-order valence-electron chi connectivity index (χ4n) is 2.95. The van der Waals surface area contributed by atoms with E-state index in [1.165, 1.54) is 36.5 Å². The number of methoxy groups -OCH3 is 1. The van der Waals surface area contributed by atoms with E-state index in [1.807, 2.05) is 0 Å². The van der Waals surface area contributed by atoms with Gasteiger partial charge in [0.05, 0.1) is 30.8 Å². The molecular weight excluding hydrogens is 396 g/mol. The number of hydrogen-bond donors (Lipinski definition) is 1. The van der Waals surface area contributed by atoms with E-state index in [9.17, 15) is 18.0 Å². The van der Waals surface area contributed by atoms with Crippen molar-refractivity contribution in [2.45, 2.75) is 11.8 Å². The molecule has 154 valence electrons. The highest BCUT2D eigenvalue weighted by Crippen LogP contribution is 2.26. The van der Waals surface area contributed by atoms with Gasteiger partial charge in [-0.15, -0.1) is 0 Å². The molecule has 0 unspecified atom stereocenters. The summed E-state index contributed by atoms with van der Waals surface area (Å²) in [6, 6.07) is 10.6. The predicted octanol–water partition coefficient (Wildman–Crippen LogP) is 2.17. The monoisotopic (exact) mass is 418 g/mol. The molecule has 0 saturated carbocycles. The minimum absolute atomic E-state index is 0.0114. The van der Waals surface area contributed by atoms with Gasteiger partial charge in [-0.05, 0) is 49.4 Å². The summed E-state index contributed by atoms with van der Waals surface area (Å²) in [5.41, 5.74) is 1.10. The molecule has 1 heterocycles. The van der Waals surface area contributed by atoms with Crippen LogP contribution in [0.15, 0.2) is 47.4 Å². The van der Waals surface area contributed by atoms with Crippen molar-refractivity contribution in [3.05, 3.63) is 53.6 Å². The zero-order valence-electron chi connectivity index (χ0n) is 16.2. The van der Waals surface area contributed by atoms with Crippen LogP contribution in [0.25, 0.3) is 0 Å². The van der Waals surface area contributed by atoms with Gasteiger partial charge in [-0.1, -0.05) is 0 Å². The largest absolute Gasteiger partial charge is 0.496 e. The summed E-state index contributed by atoms with van der Waals surface area (Å²) in [7, 11) is -2.34. The molecule has 1 saturated heterocycles. The molecule has 0 radical (unpaired) electrons. The maximum atomic E-state index is 12.9. The lowest BCUT2D eigenvalue weighted by Gasteiger charge is -2.26. The molecule has 9 heteroatoms. The number of ether oxygens (including phenoxy) is 2. The molecule has 1 N–H and O–H groups in total. The molecule has 1 amide bonds. The van der Waals surface area contributed by atoms with E-state index in [0.717, 1.165) is 0 Å². The summed E-state index contributed by atoms with van der Waals surface area (Å²) < 4.78 is 37.5. The van der Waals surface area contributed by atoms with Gasteiger partial charge in [0.1, 0.15) is 5.75 Å². The summed E-state index contributed by atoms with van der Waals surface area (Å²) in [5, 5.41) is 2.70. The number of rotatable bonds is 6. The Balaban J connectivity index is 1.88. The maximum Gasteiger partial charge on any atom is 0.259 e. The van der Waals surface area contributed by atoms with E-state index in [0.29, 0.717) is 24.5 Å². The molecule has 0 aromatic heterocycles. The molecule has 0 spiro atoms. The van der Waals surface area contributed by atoms with Crippen LogP contribution in [0, 0.1) is 0 Å². The summed E-state index contributed by atoms with van der Waals surface area (Å²) in [4.78, 5) is 24.2. The average Bonchev–Trinajstić information content (AvgIpc) is 2.74. The Morgan fingerprint density at radius 2 is 1.72 bits per heavy atom. The molecule has 29 heavy (non-hydrogen) atoms. The summed E-state index contributed by atoms with van der Waals surface area (Å²) in [6.45, 7) is 2.65. The van der Waals surface area contributed by atoms with E-state index in [-0.39, 0.29) is 35.1 Å². The Morgan fingerprint density at radius 1 is 1.07 bits per heavy atom. The molecule has 2 aromatic rings. The Bertz CT molecular complexity index is 1010. The predicted molar refractivity (Wildman–Crippen MR) is 107 cm³/mol. The van der Waals surface area contributed by atoms with Crippen LogP contribution in [0.1, 0.15) is 27.6 Å². The molecule has 0 atom stereocenters. The minimum atomic E-state index is -3.75. The Hall–Kier alpha value is -2.75. The van der Waals surface area contributed by atoms with Gasteiger partial charge in [-0.2, -0.15) is 4.31 Å². The molecule has 2 aromatic carbocycles. The number of anilines is 1. The average molecular weight is 418 g/mol. The lowest BCUT2D eigenvalue weighted by atomic mass is 10.1. The van der Waals surface area contributed by atoms with Crippen LogP contribution < -0.4 is 10.1 Å². The highest BCUT2D eigenvalue weighted by molar-refractivity contribution is 7.89. The zero-order chi connectivity index (χ0) is 21.0. The molecule has 1 aliphatic rings. The first kappa shape index (κ1) is 21.0. The number of hydrogen-bond acceptors (Lipinski definition) is 6. The molecule has 1 aliphatic heterocycles. The number of amides is 1. The first-order valence-electron chi connectivity index (χ1n) is 9.01. The van der Waals surface area contributed by atoms with Crippen LogP contribution in [0.3, 0.4) is 0 Å². The molecule has 0 bridgehead atoms. The van der Waals surface area contributed by atoms with Gasteiger partial charge < -0.3 is 14.8 Å². The summed E-state index contributed by atoms with van der Waals surface area (Å²) in [5.74, 6) is -0.342. The Kier molecular flexibility index (Phi) is 6.31. The van der Waals surface area contributed by atoms with Gasteiger partial charge in [0, 0.05) is 24.3 Å².